The van der Waals surface area contributed by atoms with Gasteiger partial charge in [-0.15, -0.1) is 11.3 Å². The molecule has 0 bridgehead atoms. The van der Waals surface area contributed by atoms with Crippen LogP contribution in [0.2, 0.25) is 0 Å². The smallest absolute Gasteiger partial charge is 0.261 e. The predicted molar refractivity (Wildman–Crippen MR) is 157 cm³/mol. The zero-order valence-corrected chi connectivity index (χ0v) is 23.2. The topological polar surface area (TPSA) is 61.3 Å². The number of thiophene rings is 1. The van der Waals surface area contributed by atoms with Gasteiger partial charge in [0.2, 0.25) is 5.88 Å². The van der Waals surface area contributed by atoms with Crippen molar-refractivity contribution in [2.24, 2.45) is 0 Å². The van der Waals surface area contributed by atoms with Crippen molar-refractivity contribution in [3.05, 3.63) is 60.0 Å². The molecule has 0 saturated carbocycles. The molecule has 4 aromatic rings. The first kappa shape index (κ1) is 26.7. The molecule has 3 heterocycles. The molecule has 2 aromatic heterocycles. The third-order valence-corrected chi connectivity index (χ3v) is 8.19. The van der Waals surface area contributed by atoms with Crippen LogP contribution >= 0.6 is 11.3 Å². The summed E-state index contributed by atoms with van der Waals surface area (Å²) in [5.74, 6) is 1.21. The van der Waals surface area contributed by atoms with Gasteiger partial charge in [0.05, 0.1) is 12.1 Å². The van der Waals surface area contributed by atoms with Crippen LogP contribution in [0.5, 0.6) is 11.6 Å². The number of piperazine rings is 1. The number of aliphatic hydroxyl groups is 1. The number of unbranched alkanes of at least 4 members (excludes halogenated alkanes) is 1. The number of nitrogens with zero attached hydrogens (tertiary/aromatic N) is 4. The number of hydrogen-bond acceptors (Lipinski definition) is 8. The lowest BCUT2D eigenvalue weighted by Crippen LogP contribution is -2.46. The Labute approximate surface area is 229 Å². The summed E-state index contributed by atoms with van der Waals surface area (Å²) in [4.78, 5) is 11.5. The van der Waals surface area contributed by atoms with E-state index in [-0.39, 0.29) is 0 Å². The summed E-state index contributed by atoms with van der Waals surface area (Å²) >= 11 is 1.82. The fourth-order valence-electron chi connectivity index (χ4n) is 5.05. The lowest BCUT2D eigenvalue weighted by molar-refractivity contribution is -0.133. The highest BCUT2D eigenvalue weighted by Gasteiger charge is 2.18. The Morgan fingerprint density at radius 3 is 2.63 bits per heavy atom. The zero-order valence-electron chi connectivity index (χ0n) is 22.4. The van der Waals surface area contributed by atoms with E-state index in [1.54, 1.807) is 6.07 Å². The standard InChI is InChI=1S/C30H38N4O3S/c1-3-33(4-2)30(35)37-29-13-11-23-10-12-24(22-26(23)31-29)36-20-6-5-15-32-16-18-34(19-17-32)27-8-7-9-28-25(27)14-21-38-28/h7-14,21-22,30,35H,3-6,15-20H2,1-2H3. The van der Waals surface area contributed by atoms with Gasteiger partial charge < -0.3 is 19.5 Å². The van der Waals surface area contributed by atoms with E-state index in [9.17, 15) is 5.11 Å². The third kappa shape index (κ3) is 6.38. The molecule has 1 aliphatic rings. The summed E-state index contributed by atoms with van der Waals surface area (Å²) in [5.41, 5.74) is 2.17. The van der Waals surface area contributed by atoms with Crippen LogP contribution in [0.25, 0.3) is 21.0 Å². The lowest BCUT2D eigenvalue weighted by Gasteiger charge is -2.36. The highest BCUT2D eigenvalue weighted by atomic mass is 32.1. The lowest BCUT2D eigenvalue weighted by atomic mass is 10.2. The Kier molecular flexibility index (Phi) is 8.96. The Morgan fingerprint density at radius 2 is 1.82 bits per heavy atom. The number of benzene rings is 2. The van der Waals surface area contributed by atoms with E-state index < -0.39 is 6.41 Å². The summed E-state index contributed by atoms with van der Waals surface area (Å²) in [7, 11) is 0. The first-order chi connectivity index (χ1) is 18.6. The molecule has 8 heteroatoms. The molecular weight excluding hydrogens is 496 g/mol. The number of fused-ring (bicyclic) bond motifs is 2. The van der Waals surface area contributed by atoms with Gasteiger partial charge in [0, 0.05) is 72.6 Å². The Bertz CT molecular complexity index is 1320. The molecule has 38 heavy (non-hydrogen) atoms. The first-order valence-corrected chi connectivity index (χ1v) is 14.6. The molecule has 202 valence electrons. The average molecular weight is 535 g/mol. The first-order valence-electron chi connectivity index (χ1n) is 13.7. The summed E-state index contributed by atoms with van der Waals surface area (Å²) in [5, 5.41) is 14.9. The molecule has 0 spiro atoms. The summed E-state index contributed by atoms with van der Waals surface area (Å²) in [6.07, 6.45) is 1.12. The third-order valence-electron chi connectivity index (χ3n) is 7.31. The quantitative estimate of drug-likeness (QED) is 0.192. The van der Waals surface area contributed by atoms with Gasteiger partial charge in [0.15, 0.2) is 0 Å². The number of anilines is 1. The molecule has 5 rings (SSSR count). The van der Waals surface area contributed by atoms with Crippen molar-refractivity contribution < 1.29 is 14.6 Å². The number of hydrogen-bond donors (Lipinski definition) is 1. The van der Waals surface area contributed by atoms with Crippen molar-refractivity contribution in [2.75, 3.05) is 57.3 Å². The van der Waals surface area contributed by atoms with Crippen molar-refractivity contribution in [1.82, 2.24) is 14.8 Å². The van der Waals surface area contributed by atoms with Crippen LogP contribution in [-0.4, -0.2) is 78.7 Å². The van der Waals surface area contributed by atoms with Gasteiger partial charge in [-0.2, -0.15) is 0 Å². The molecule has 1 N–H and O–H groups in total. The van der Waals surface area contributed by atoms with Gasteiger partial charge in [0.25, 0.3) is 6.41 Å². The summed E-state index contributed by atoms with van der Waals surface area (Å²) in [6, 6.07) is 18.6. The number of rotatable bonds is 12. The minimum Gasteiger partial charge on any atom is -0.494 e. The molecule has 1 fully saturated rings. The molecule has 1 saturated heterocycles. The number of pyridine rings is 1. The van der Waals surface area contributed by atoms with Gasteiger partial charge in [-0.25, -0.2) is 9.88 Å². The zero-order chi connectivity index (χ0) is 26.3. The van der Waals surface area contributed by atoms with Crippen LogP contribution in [0.1, 0.15) is 26.7 Å². The highest BCUT2D eigenvalue weighted by molar-refractivity contribution is 7.17. The average Bonchev–Trinajstić information content (AvgIpc) is 3.43. The fourth-order valence-corrected chi connectivity index (χ4v) is 5.85. The Balaban J connectivity index is 1.05. The maximum absolute atomic E-state index is 10.3. The van der Waals surface area contributed by atoms with Gasteiger partial charge in [0.1, 0.15) is 5.75 Å². The Hall–Kier alpha value is -2.91. The van der Waals surface area contributed by atoms with E-state index in [4.69, 9.17) is 9.47 Å². The second kappa shape index (κ2) is 12.8. The summed E-state index contributed by atoms with van der Waals surface area (Å²) in [6.45, 7) is 11.5. The van der Waals surface area contributed by atoms with E-state index in [0.29, 0.717) is 25.6 Å². The number of aliphatic hydroxyl groups excluding tert-OH is 1. The maximum atomic E-state index is 10.3. The van der Waals surface area contributed by atoms with E-state index in [2.05, 4.69) is 44.4 Å². The number of ether oxygens (including phenoxy) is 2. The van der Waals surface area contributed by atoms with Crippen LogP contribution in [0, 0.1) is 0 Å². The van der Waals surface area contributed by atoms with Crippen LogP contribution in [-0.2, 0) is 0 Å². The van der Waals surface area contributed by atoms with Crippen LogP contribution < -0.4 is 14.4 Å². The van der Waals surface area contributed by atoms with Crippen molar-refractivity contribution >= 4 is 38.0 Å². The fraction of sp³-hybridized carbons (Fsp3) is 0.433. The predicted octanol–water partition coefficient (Wildman–Crippen LogP) is 5.43. The molecule has 0 amide bonds. The van der Waals surface area contributed by atoms with Crippen molar-refractivity contribution in [1.29, 1.82) is 0 Å². The molecule has 1 unspecified atom stereocenters. The molecule has 0 radical (unpaired) electrons. The molecule has 1 aliphatic heterocycles. The molecule has 2 aromatic carbocycles. The largest absolute Gasteiger partial charge is 0.494 e. The molecule has 1 atom stereocenters. The molecule has 7 nitrogen and oxygen atoms in total. The van der Waals surface area contributed by atoms with Crippen molar-refractivity contribution in [3.8, 4) is 11.6 Å². The Morgan fingerprint density at radius 1 is 1.00 bits per heavy atom. The van der Waals surface area contributed by atoms with Crippen LogP contribution in [0.15, 0.2) is 60.0 Å². The monoisotopic (exact) mass is 534 g/mol. The van der Waals surface area contributed by atoms with Crippen LogP contribution in [0.3, 0.4) is 0 Å². The van der Waals surface area contributed by atoms with Crippen LogP contribution in [0.4, 0.5) is 5.69 Å². The van der Waals surface area contributed by atoms with Gasteiger partial charge in [-0.3, -0.25) is 4.90 Å². The van der Waals surface area contributed by atoms with Gasteiger partial charge in [-0.1, -0.05) is 19.9 Å². The number of aromatic nitrogens is 1. The second-order valence-corrected chi connectivity index (χ2v) is 10.6. The van der Waals surface area contributed by atoms with Gasteiger partial charge in [-0.05, 0) is 61.2 Å². The minimum atomic E-state index is -1.01. The van der Waals surface area contributed by atoms with E-state index >= 15 is 0 Å². The summed E-state index contributed by atoms with van der Waals surface area (Å²) < 4.78 is 13.1. The van der Waals surface area contributed by atoms with E-state index in [1.165, 1.54) is 15.8 Å². The van der Waals surface area contributed by atoms with Crippen molar-refractivity contribution in [2.45, 2.75) is 33.1 Å². The molecule has 0 aliphatic carbocycles. The normalized spacial score (nSPS) is 15.4. The minimum absolute atomic E-state index is 0.404. The highest BCUT2D eigenvalue weighted by Crippen LogP contribution is 2.31. The van der Waals surface area contributed by atoms with E-state index in [0.717, 1.165) is 62.2 Å². The van der Waals surface area contributed by atoms with Gasteiger partial charge >= 0.3 is 0 Å². The van der Waals surface area contributed by atoms with Crippen molar-refractivity contribution in [3.63, 3.8) is 0 Å². The second-order valence-electron chi connectivity index (χ2n) is 9.66. The SMILES string of the molecule is CCN(CC)C(O)Oc1ccc2ccc(OCCCCN3CCN(c4cccc5sccc45)CC3)cc2n1. The maximum Gasteiger partial charge on any atom is 0.261 e. The molecular formula is C30H38N4O3S. The van der Waals surface area contributed by atoms with E-state index in [1.807, 2.05) is 54.3 Å².